The summed E-state index contributed by atoms with van der Waals surface area (Å²) < 4.78 is 5.78. The Morgan fingerprint density at radius 1 is 1.27 bits per heavy atom. The second-order valence-corrected chi connectivity index (χ2v) is 6.43. The molecule has 1 aromatic rings. The number of halogens is 1. The first-order chi connectivity index (χ1) is 10.2. The fourth-order valence-electron chi connectivity index (χ4n) is 3.03. The molecular formula is C18H31ClN2O. The molecular weight excluding hydrogens is 296 g/mol. The van der Waals surface area contributed by atoms with Crippen molar-refractivity contribution in [2.45, 2.75) is 45.8 Å². The van der Waals surface area contributed by atoms with E-state index in [1.165, 1.54) is 37.9 Å². The lowest BCUT2D eigenvalue weighted by Gasteiger charge is -2.32. The Labute approximate surface area is 141 Å². The summed E-state index contributed by atoms with van der Waals surface area (Å²) in [6, 6.07) is 8.55. The first-order valence-corrected chi connectivity index (χ1v) is 8.30. The molecule has 1 aliphatic heterocycles. The van der Waals surface area contributed by atoms with Crippen LogP contribution in [0.15, 0.2) is 24.3 Å². The van der Waals surface area contributed by atoms with Crippen molar-refractivity contribution in [2.75, 3.05) is 26.7 Å². The van der Waals surface area contributed by atoms with Crippen LogP contribution in [0.2, 0.25) is 0 Å². The molecule has 0 atom stereocenters. The van der Waals surface area contributed by atoms with Gasteiger partial charge >= 0.3 is 0 Å². The molecule has 22 heavy (non-hydrogen) atoms. The summed E-state index contributed by atoms with van der Waals surface area (Å²) in [6.07, 6.45) is 4.23. The number of nitrogens with zero attached hydrogens (tertiary/aromatic N) is 1. The number of ether oxygens (including phenoxy) is 1. The Kier molecular flexibility index (Phi) is 8.84. The Bertz CT molecular complexity index is 417. The molecule has 0 radical (unpaired) electrons. The molecule has 0 aliphatic carbocycles. The van der Waals surface area contributed by atoms with E-state index in [0.717, 1.165) is 24.8 Å². The van der Waals surface area contributed by atoms with Gasteiger partial charge in [0.1, 0.15) is 5.75 Å². The number of rotatable bonds is 7. The zero-order valence-electron chi connectivity index (χ0n) is 14.2. The second kappa shape index (κ2) is 10.1. The van der Waals surface area contributed by atoms with Crippen molar-refractivity contribution in [3.05, 3.63) is 29.8 Å². The minimum atomic E-state index is 0. The summed E-state index contributed by atoms with van der Waals surface area (Å²) in [7, 11) is 2.04. The van der Waals surface area contributed by atoms with Crippen LogP contribution in [0.3, 0.4) is 0 Å². The number of hydrogen-bond acceptors (Lipinski definition) is 3. The molecule has 2 rings (SSSR count). The molecule has 1 fully saturated rings. The topological polar surface area (TPSA) is 24.5 Å². The lowest BCUT2D eigenvalue weighted by Crippen LogP contribution is -2.34. The van der Waals surface area contributed by atoms with Crippen molar-refractivity contribution >= 4 is 12.4 Å². The lowest BCUT2D eigenvalue weighted by atomic mass is 9.93. The summed E-state index contributed by atoms with van der Waals surface area (Å²) in [4.78, 5) is 2.57. The maximum absolute atomic E-state index is 5.78. The molecule has 0 bridgehead atoms. The van der Waals surface area contributed by atoms with Crippen LogP contribution in [0.25, 0.3) is 0 Å². The van der Waals surface area contributed by atoms with E-state index in [1.54, 1.807) is 0 Å². The SMILES string of the molecule is CNCCC1CCN(Cc2cccc(OC(C)C)c2)CC1.Cl. The van der Waals surface area contributed by atoms with Gasteiger partial charge in [-0.1, -0.05) is 12.1 Å². The van der Waals surface area contributed by atoms with Crippen LogP contribution in [0, 0.1) is 5.92 Å². The minimum Gasteiger partial charge on any atom is -0.491 e. The number of nitrogens with one attached hydrogen (secondary N) is 1. The van der Waals surface area contributed by atoms with Gasteiger partial charge in [-0.3, -0.25) is 4.90 Å². The van der Waals surface area contributed by atoms with Gasteiger partial charge in [0.15, 0.2) is 0 Å². The highest BCUT2D eigenvalue weighted by atomic mass is 35.5. The standard InChI is InChI=1S/C18H30N2O.ClH/c1-15(2)21-18-6-4-5-17(13-18)14-20-11-8-16(9-12-20)7-10-19-3;/h4-6,13,15-16,19H,7-12,14H2,1-3H3;1H. The van der Waals surface area contributed by atoms with E-state index < -0.39 is 0 Å². The maximum Gasteiger partial charge on any atom is 0.120 e. The third-order valence-corrected chi connectivity index (χ3v) is 4.19. The average molecular weight is 327 g/mol. The quantitative estimate of drug-likeness (QED) is 0.826. The van der Waals surface area contributed by atoms with Crippen LogP contribution in [-0.2, 0) is 6.54 Å². The van der Waals surface area contributed by atoms with Crippen LogP contribution >= 0.6 is 12.4 Å². The number of piperidine rings is 1. The van der Waals surface area contributed by atoms with Crippen molar-refractivity contribution in [1.29, 1.82) is 0 Å². The van der Waals surface area contributed by atoms with E-state index in [9.17, 15) is 0 Å². The van der Waals surface area contributed by atoms with Crippen LogP contribution in [0.4, 0.5) is 0 Å². The third kappa shape index (κ3) is 6.55. The van der Waals surface area contributed by atoms with Crippen LogP contribution in [0.5, 0.6) is 5.75 Å². The van der Waals surface area contributed by atoms with Crippen LogP contribution < -0.4 is 10.1 Å². The molecule has 3 nitrogen and oxygen atoms in total. The summed E-state index contributed by atoms with van der Waals surface area (Å²) in [5.74, 6) is 1.90. The Balaban J connectivity index is 0.00000242. The molecule has 4 heteroatoms. The maximum atomic E-state index is 5.78. The monoisotopic (exact) mass is 326 g/mol. The zero-order chi connectivity index (χ0) is 15.1. The summed E-state index contributed by atoms with van der Waals surface area (Å²) in [6.45, 7) is 8.80. The van der Waals surface area contributed by atoms with Gasteiger partial charge < -0.3 is 10.1 Å². The van der Waals surface area contributed by atoms with Gasteiger partial charge in [-0.15, -0.1) is 12.4 Å². The lowest BCUT2D eigenvalue weighted by molar-refractivity contribution is 0.172. The van der Waals surface area contributed by atoms with Gasteiger partial charge in [-0.25, -0.2) is 0 Å². The van der Waals surface area contributed by atoms with E-state index in [-0.39, 0.29) is 18.5 Å². The first-order valence-electron chi connectivity index (χ1n) is 8.30. The summed E-state index contributed by atoms with van der Waals surface area (Å²) >= 11 is 0. The highest BCUT2D eigenvalue weighted by Gasteiger charge is 2.18. The van der Waals surface area contributed by atoms with Crippen LogP contribution in [0.1, 0.15) is 38.7 Å². The summed E-state index contributed by atoms with van der Waals surface area (Å²) in [5, 5.41) is 3.26. The average Bonchev–Trinajstić information content (AvgIpc) is 2.46. The Morgan fingerprint density at radius 3 is 2.64 bits per heavy atom. The predicted molar refractivity (Wildman–Crippen MR) is 96.0 cm³/mol. The largest absolute Gasteiger partial charge is 0.491 e. The van der Waals surface area contributed by atoms with E-state index in [0.29, 0.717) is 0 Å². The minimum absolute atomic E-state index is 0. The molecule has 1 N–H and O–H groups in total. The molecule has 0 unspecified atom stereocenters. The van der Waals surface area contributed by atoms with E-state index in [4.69, 9.17) is 4.74 Å². The fraction of sp³-hybridized carbons (Fsp3) is 0.667. The normalized spacial score (nSPS) is 16.5. The van der Waals surface area contributed by atoms with Crippen molar-refractivity contribution in [2.24, 2.45) is 5.92 Å². The Morgan fingerprint density at radius 2 is 2.00 bits per heavy atom. The van der Waals surface area contributed by atoms with Crippen molar-refractivity contribution in [3.63, 3.8) is 0 Å². The second-order valence-electron chi connectivity index (χ2n) is 6.43. The molecule has 0 aromatic heterocycles. The van der Waals surface area contributed by atoms with Gasteiger partial charge in [0.2, 0.25) is 0 Å². The summed E-state index contributed by atoms with van der Waals surface area (Å²) in [5.41, 5.74) is 1.36. The van der Waals surface area contributed by atoms with E-state index in [1.807, 2.05) is 13.1 Å². The molecule has 0 saturated carbocycles. The first kappa shape index (κ1) is 19.3. The smallest absolute Gasteiger partial charge is 0.120 e. The fourth-order valence-corrected chi connectivity index (χ4v) is 3.03. The van der Waals surface area contributed by atoms with Gasteiger partial charge in [0.05, 0.1) is 6.10 Å². The highest BCUT2D eigenvalue weighted by molar-refractivity contribution is 5.85. The molecule has 0 amide bonds. The number of benzene rings is 1. The van der Waals surface area contributed by atoms with Gasteiger partial charge in [0, 0.05) is 6.54 Å². The van der Waals surface area contributed by atoms with E-state index in [2.05, 4.69) is 42.3 Å². The van der Waals surface area contributed by atoms with Crippen molar-refractivity contribution in [3.8, 4) is 5.75 Å². The molecule has 0 spiro atoms. The zero-order valence-corrected chi connectivity index (χ0v) is 15.0. The molecule has 1 aliphatic rings. The number of likely N-dealkylation sites (tertiary alicyclic amines) is 1. The molecule has 1 heterocycles. The van der Waals surface area contributed by atoms with Gasteiger partial charge in [0.25, 0.3) is 0 Å². The Hall–Kier alpha value is -0.770. The molecule has 1 saturated heterocycles. The van der Waals surface area contributed by atoms with E-state index >= 15 is 0 Å². The molecule has 1 aromatic carbocycles. The predicted octanol–water partition coefficient (Wildman–Crippen LogP) is 3.72. The molecule has 126 valence electrons. The van der Waals surface area contributed by atoms with Gasteiger partial charge in [-0.05, 0) is 83.4 Å². The highest BCUT2D eigenvalue weighted by Crippen LogP contribution is 2.22. The van der Waals surface area contributed by atoms with Gasteiger partial charge in [-0.2, -0.15) is 0 Å². The number of hydrogen-bond donors (Lipinski definition) is 1. The van der Waals surface area contributed by atoms with Crippen LogP contribution in [-0.4, -0.2) is 37.7 Å². The van der Waals surface area contributed by atoms with Crippen molar-refractivity contribution < 1.29 is 4.74 Å². The van der Waals surface area contributed by atoms with Crippen molar-refractivity contribution in [1.82, 2.24) is 10.2 Å². The third-order valence-electron chi connectivity index (χ3n) is 4.19.